The van der Waals surface area contributed by atoms with E-state index in [1.807, 2.05) is 18.3 Å². The maximum atomic E-state index is 5.78. The molecule has 0 saturated heterocycles. The molecule has 0 aromatic carbocycles. The average Bonchev–Trinajstić information content (AvgIpc) is 2.49. The highest BCUT2D eigenvalue weighted by Crippen LogP contribution is 2.19. The molecule has 0 unspecified atom stereocenters. The molecule has 3 nitrogen and oxygen atoms in total. The van der Waals surface area contributed by atoms with Crippen molar-refractivity contribution < 1.29 is 0 Å². The normalized spacial score (nSPS) is 11.4. The fraction of sp³-hybridized carbons (Fsp3) is 0.333. The summed E-state index contributed by atoms with van der Waals surface area (Å²) in [6.07, 6.45) is 1.87. The summed E-state index contributed by atoms with van der Waals surface area (Å²) in [5, 5.41) is 4.35. The Kier molecular flexibility index (Phi) is 1.96. The van der Waals surface area contributed by atoms with Crippen molar-refractivity contribution in [3.8, 4) is 0 Å². The lowest BCUT2D eigenvalue weighted by molar-refractivity contribution is 0.787. The van der Waals surface area contributed by atoms with E-state index >= 15 is 0 Å². The van der Waals surface area contributed by atoms with Crippen LogP contribution in [0, 0.1) is 0 Å². The molecule has 0 aliphatic carbocycles. The van der Waals surface area contributed by atoms with Crippen molar-refractivity contribution in [3.63, 3.8) is 0 Å². The second-order valence-corrected chi connectivity index (χ2v) is 3.60. The van der Waals surface area contributed by atoms with Gasteiger partial charge in [-0.05, 0) is 29.7 Å². The minimum absolute atomic E-state index is 0.299. The van der Waals surface area contributed by atoms with E-state index in [1.165, 1.54) is 0 Å². The monoisotopic (exact) mass is 195 g/mol. The SMILES string of the molecule is CC(C)c1nc(Cl)nn2cccc12. The Bertz CT molecular complexity index is 433. The summed E-state index contributed by atoms with van der Waals surface area (Å²) in [5.41, 5.74) is 2.02. The number of nitrogens with zero attached hydrogens (tertiary/aromatic N) is 3. The molecule has 0 bridgehead atoms. The molecule has 0 fully saturated rings. The zero-order chi connectivity index (χ0) is 9.42. The number of fused-ring (bicyclic) bond motifs is 1. The third kappa shape index (κ3) is 1.40. The highest BCUT2D eigenvalue weighted by molar-refractivity contribution is 6.28. The Morgan fingerprint density at radius 3 is 2.92 bits per heavy atom. The van der Waals surface area contributed by atoms with Crippen molar-refractivity contribution in [1.82, 2.24) is 14.6 Å². The third-order valence-electron chi connectivity index (χ3n) is 1.94. The topological polar surface area (TPSA) is 30.2 Å². The van der Waals surface area contributed by atoms with E-state index in [-0.39, 0.29) is 0 Å². The maximum absolute atomic E-state index is 5.78. The Hall–Kier alpha value is -1.09. The molecule has 2 aromatic heterocycles. The molecule has 4 heteroatoms. The molecule has 0 aliphatic rings. The highest BCUT2D eigenvalue weighted by Gasteiger charge is 2.08. The predicted molar refractivity (Wildman–Crippen MR) is 52.1 cm³/mol. The van der Waals surface area contributed by atoms with Crippen molar-refractivity contribution >= 4 is 17.1 Å². The fourth-order valence-corrected chi connectivity index (χ4v) is 1.53. The standard InChI is InChI=1S/C9H10ClN3/c1-6(2)8-7-4-3-5-13(7)12-9(10)11-8/h3-6H,1-2H3. The Morgan fingerprint density at radius 1 is 1.46 bits per heavy atom. The molecule has 2 aromatic rings. The van der Waals surface area contributed by atoms with Crippen LogP contribution in [0.1, 0.15) is 25.5 Å². The highest BCUT2D eigenvalue weighted by atomic mass is 35.5. The maximum Gasteiger partial charge on any atom is 0.241 e. The van der Waals surface area contributed by atoms with Gasteiger partial charge in [0.15, 0.2) is 0 Å². The van der Waals surface area contributed by atoms with Gasteiger partial charge >= 0.3 is 0 Å². The van der Waals surface area contributed by atoms with Gasteiger partial charge in [-0.2, -0.15) is 0 Å². The number of halogens is 1. The first-order valence-corrected chi connectivity index (χ1v) is 4.57. The summed E-state index contributed by atoms with van der Waals surface area (Å²) in [5.74, 6) is 0.359. The van der Waals surface area contributed by atoms with Crippen LogP contribution in [-0.4, -0.2) is 14.6 Å². The summed E-state index contributed by atoms with van der Waals surface area (Å²) >= 11 is 5.78. The number of aromatic nitrogens is 3. The summed E-state index contributed by atoms with van der Waals surface area (Å²) in [6, 6.07) is 3.93. The zero-order valence-corrected chi connectivity index (χ0v) is 8.28. The molecule has 0 N–H and O–H groups in total. The fourth-order valence-electron chi connectivity index (χ4n) is 1.36. The van der Waals surface area contributed by atoms with Crippen LogP contribution in [0.25, 0.3) is 5.52 Å². The third-order valence-corrected chi connectivity index (χ3v) is 2.10. The van der Waals surface area contributed by atoms with Gasteiger partial charge in [0.05, 0.1) is 11.2 Å². The zero-order valence-electron chi connectivity index (χ0n) is 7.53. The molecule has 0 amide bonds. The van der Waals surface area contributed by atoms with Crippen LogP contribution in [0.15, 0.2) is 18.3 Å². The molecule has 0 saturated carbocycles. The molecule has 2 heterocycles. The number of hydrogen-bond donors (Lipinski definition) is 0. The summed E-state index contributed by atoms with van der Waals surface area (Å²) < 4.78 is 1.75. The van der Waals surface area contributed by atoms with Crippen LogP contribution in [0.5, 0.6) is 0 Å². The van der Waals surface area contributed by atoms with Crippen LogP contribution >= 0.6 is 11.6 Å². The van der Waals surface area contributed by atoms with E-state index in [0.717, 1.165) is 11.2 Å². The lowest BCUT2D eigenvalue weighted by atomic mass is 10.1. The Morgan fingerprint density at radius 2 is 2.23 bits per heavy atom. The van der Waals surface area contributed by atoms with Crippen molar-refractivity contribution in [2.75, 3.05) is 0 Å². The van der Waals surface area contributed by atoms with Gasteiger partial charge in [0.1, 0.15) is 0 Å². The molecule has 0 spiro atoms. The molecular formula is C9H10ClN3. The van der Waals surface area contributed by atoms with Crippen LogP contribution in [0.2, 0.25) is 5.28 Å². The average molecular weight is 196 g/mol. The van der Waals surface area contributed by atoms with Crippen LogP contribution in [-0.2, 0) is 0 Å². The van der Waals surface area contributed by atoms with Gasteiger partial charge in [-0.3, -0.25) is 0 Å². The number of hydrogen-bond acceptors (Lipinski definition) is 2. The molecule has 13 heavy (non-hydrogen) atoms. The molecule has 0 radical (unpaired) electrons. The van der Waals surface area contributed by atoms with Crippen molar-refractivity contribution in [3.05, 3.63) is 29.3 Å². The molecule has 2 rings (SSSR count). The van der Waals surface area contributed by atoms with Crippen molar-refractivity contribution in [2.24, 2.45) is 0 Å². The first-order chi connectivity index (χ1) is 6.18. The molecule has 0 aliphatic heterocycles. The smallest absolute Gasteiger partial charge is 0.236 e. The van der Waals surface area contributed by atoms with Gasteiger partial charge in [-0.25, -0.2) is 9.50 Å². The quantitative estimate of drug-likeness (QED) is 0.700. The van der Waals surface area contributed by atoms with Gasteiger partial charge in [0.2, 0.25) is 5.28 Å². The summed E-state index contributed by atoms with van der Waals surface area (Å²) in [6.45, 7) is 4.18. The molecule has 0 atom stereocenters. The van der Waals surface area contributed by atoms with Crippen LogP contribution in [0.3, 0.4) is 0 Å². The summed E-state index contributed by atoms with van der Waals surface area (Å²) in [4.78, 5) is 4.21. The van der Waals surface area contributed by atoms with Gasteiger partial charge in [-0.15, -0.1) is 5.10 Å². The molecular weight excluding hydrogens is 186 g/mol. The second kappa shape index (κ2) is 3.00. The Balaban J connectivity index is 2.77. The van der Waals surface area contributed by atoms with Crippen LogP contribution in [0.4, 0.5) is 0 Å². The van der Waals surface area contributed by atoms with Crippen molar-refractivity contribution in [1.29, 1.82) is 0 Å². The van der Waals surface area contributed by atoms with Gasteiger partial charge in [-0.1, -0.05) is 13.8 Å². The predicted octanol–water partition coefficient (Wildman–Crippen LogP) is 2.51. The first kappa shape index (κ1) is 8.51. The first-order valence-electron chi connectivity index (χ1n) is 4.19. The minimum atomic E-state index is 0.299. The van der Waals surface area contributed by atoms with Gasteiger partial charge in [0, 0.05) is 6.20 Å². The van der Waals surface area contributed by atoms with Crippen molar-refractivity contribution in [2.45, 2.75) is 19.8 Å². The van der Waals surface area contributed by atoms with E-state index in [0.29, 0.717) is 11.2 Å². The lowest BCUT2D eigenvalue weighted by Gasteiger charge is -2.06. The van der Waals surface area contributed by atoms with E-state index in [1.54, 1.807) is 4.52 Å². The van der Waals surface area contributed by atoms with E-state index in [4.69, 9.17) is 11.6 Å². The minimum Gasteiger partial charge on any atom is -0.236 e. The van der Waals surface area contributed by atoms with E-state index < -0.39 is 0 Å². The van der Waals surface area contributed by atoms with E-state index in [9.17, 15) is 0 Å². The van der Waals surface area contributed by atoms with Gasteiger partial charge < -0.3 is 0 Å². The lowest BCUT2D eigenvalue weighted by Crippen LogP contribution is -2.01. The molecule has 68 valence electrons. The Labute approximate surface area is 81.4 Å². The number of rotatable bonds is 1. The van der Waals surface area contributed by atoms with E-state index in [2.05, 4.69) is 23.9 Å². The van der Waals surface area contributed by atoms with Gasteiger partial charge in [0.25, 0.3) is 0 Å². The van der Waals surface area contributed by atoms with Crippen LogP contribution < -0.4 is 0 Å². The second-order valence-electron chi connectivity index (χ2n) is 3.26. The summed E-state index contributed by atoms with van der Waals surface area (Å²) in [7, 11) is 0. The largest absolute Gasteiger partial charge is 0.241 e.